The second kappa shape index (κ2) is 2.56. The highest BCUT2D eigenvalue weighted by molar-refractivity contribution is 5.87. The third kappa shape index (κ3) is 5.41. The van der Waals surface area contributed by atoms with E-state index in [1.54, 1.807) is 13.8 Å². The Morgan fingerprint density at radius 3 is 2.00 bits per heavy atom. The molecule has 0 saturated heterocycles. The van der Waals surface area contributed by atoms with E-state index in [-0.39, 0.29) is 11.8 Å². The minimum atomic E-state index is -0.162. The number of rotatable bonds is 1. The van der Waals surface area contributed by atoms with E-state index in [2.05, 4.69) is 0 Å². The highest BCUT2D eigenvalue weighted by Crippen LogP contribution is 1.86. The summed E-state index contributed by atoms with van der Waals surface area (Å²) in [6.07, 6.45) is 0. The molecule has 0 unspecified atom stereocenters. The summed E-state index contributed by atoms with van der Waals surface area (Å²) in [6.45, 7) is 4.91. The van der Waals surface area contributed by atoms with Crippen molar-refractivity contribution in [1.82, 2.24) is 0 Å². The minimum absolute atomic E-state index is 0.130. The van der Waals surface area contributed by atoms with Gasteiger partial charge in [-0.2, -0.15) is 0 Å². The first kappa shape index (κ1) is 4.57. The van der Waals surface area contributed by atoms with Gasteiger partial charge in [0.25, 0.3) is 0 Å². The van der Waals surface area contributed by atoms with E-state index in [9.17, 15) is 4.79 Å². The van der Waals surface area contributed by atoms with Gasteiger partial charge in [-0.1, -0.05) is 5.57 Å². The van der Waals surface area contributed by atoms with Crippen LogP contribution in [0.25, 0.3) is 0 Å². The summed E-state index contributed by atoms with van der Waals surface area (Å²) in [5, 5.41) is 0. The quantitative estimate of drug-likeness (QED) is 0.456. The van der Waals surface area contributed by atoms with Crippen LogP contribution in [0.2, 0.25) is 0 Å². The average Bonchev–Trinajstić information content (AvgIpc) is 1.64. The lowest BCUT2D eigenvalue weighted by Crippen LogP contribution is -1.80. The predicted octanol–water partition coefficient (Wildman–Crippen LogP) is 1.54. The molecule has 0 rings (SSSR count). The molecule has 0 radical (unpaired) electrons. The van der Waals surface area contributed by atoms with Gasteiger partial charge in [0, 0.05) is 0 Å². The van der Waals surface area contributed by atoms with Crippen LogP contribution in [0.15, 0.2) is 11.6 Å². The maximum atomic E-state index is 10.3. The van der Waals surface area contributed by atoms with Crippen molar-refractivity contribution in [3.63, 3.8) is 0 Å². The van der Waals surface area contributed by atoms with Gasteiger partial charge in [-0.3, -0.25) is 4.79 Å². The molecule has 0 amide bonds. The zero-order chi connectivity index (χ0) is 6.73. The summed E-state index contributed by atoms with van der Waals surface area (Å²) in [7, 11) is 0. The van der Waals surface area contributed by atoms with Gasteiger partial charge in [0.2, 0.25) is 0 Å². The van der Waals surface area contributed by atoms with Gasteiger partial charge in [-0.15, -0.1) is 0 Å². The Morgan fingerprint density at radius 2 is 2.00 bits per heavy atom. The van der Waals surface area contributed by atoms with Crippen LogP contribution >= 0.6 is 0 Å². The number of carbonyl (C=O) groups excluding carboxylic acids is 1. The first-order valence-electron chi connectivity index (χ1n) is 2.70. The highest BCUT2D eigenvalue weighted by Gasteiger charge is 1.80. The predicted molar refractivity (Wildman–Crippen MR) is 30.1 cm³/mol. The zero-order valence-electron chi connectivity index (χ0n) is 5.91. The number of hydrogen-bond donors (Lipinski definition) is 0. The Kier molecular flexibility index (Phi) is 1.67. The molecule has 0 fully saturated rings. The molecule has 1 nitrogen and oxygen atoms in total. The SMILES string of the molecule is [2H]C(C(C)=O)=C(C)C. The highest BCUT2D eigenvalue weighted by atomic mass is 16.1. The standard InChI is InChI=1S/C6H10O/c1-5(2)4-6(3)7/h4H,1-3H3/i4D. The van der Waals surface area contributed by atoms with E-state index < -0.39 is 0 Å². The summed E-state index contributed by atoms with van der Waals surface area (Å²) in [6, 6.07) is 0.130. The third-order valence-corrected chi connectivity index (χ3v) is 0.426. The van der Waals surface area contributed by atoms with Crippen LogP contribution in [0.1, 0.15) is 22.1 Å². The van der Waals surface area contributed by atoms with Crippen molar-refractivity contribution in [2.45, 2.75) is 20.8 Å². The van der Waals surface area contributed by atoms with Crippen LogP contribution in [0.4, 0.5) is 0 Å². The van der Waals surface area contributed by atoms with Crippen molar-refractivity contribution in [2.75, 3.05) is 0 Å². The van der Waals surface area contributed by atoms with Crippen molar-refractivity contribution in [1.29, 1.82) is 0 Å². The number of carbonyl (C=O) groups is 1. The number of hydrogen-bond acceptors (Lipinski definition) is 1. The summed E-state index contributed by atoms with van der Waals surface area (Å²) in [4.78, 5) is 10.3. The van der Waals surface area contributed by atoms with Crippen LogP contribution < -0.4 is 0 Å². The molecule has 0 saturated carbocycles. The van der Waals surface area contributed by atoms with E-state index in [1.807, 2.05) is 0 Å². The van der Waals surface area contributed by atoms with Crippen molar-refractivity contribution in [2.24, 2.45) is 0 Å². The topological polar surface area (TPSA) is 17.1 Å². The van der Waals surface area contributed by atoms with E-state index in [0.717, 1.165) is 5.57 Å². The number of ketones is 1. The molecule has 0 aliphatic carbocycles. The Bertz CT molecular complexity index is 131. The lowest BCUT2D eigenvalue weighted by atomic mass is 10.3. The van der Waals surface area contributed by atoms with Gasteiger partial charge in [0.15, 0.2) is 5.78 Å². The van der Waals surface area contributed by atoms with E-state index >= 15 is 0 Å². The molecule has 0 bridgehead atoms. The lowest BCUT2D eigenvalue weighted by molar-refractivity contribution is -0.112. The van der Waals surface area contributed by atoms with Crippen LogP contribution in [-0.2, 0) is 4.79 Å². The van der Waals surface area contributed by atoms with E-state index in [0.29, 0.717) is 0 Å². The van der Waals surface area contributed by atoms with E-state index in [1.165, 1.54) is 6.92 Å². The summed E-state index contributed by atoms with van der Waals surface area (Å²) >= 11 is 0. The summed E-state index contributed by atoms with van der Waals surface area (Å²) < 4.78 is 7.01. The second-order valence-corrected chi connectivity index (χ2v) is 1.68. The molecule has 40 valence electrons. The molecule has 0 aromatic heterocycles. The van der Waals surface area contributed by atoms with Gasteiger partial charge in [-0.05, 0) is 26.8 Å². The van der Waals surface area contributed by atoms with Gasteiger partial charge < -0.3 is 0 Å². The Hall–Kier alpha value is -0.590. The van der Waals surface area contributed by atoms with Gasteiger partial charge in [0.05, 0.1) is 1.37 Å². The fourth-order valence-electron chi connectivity index (χ4n) is 0.352. The fourth-order valence-corrected chi connectivity index (χ4v) is 0.352. The molecule has 0 atom stereocenters. The molecular weight excluding hydrogens is 88.1 g/mol. The third-order valence-electron chi connectivity index (χ3n) is 0.426. The molecule has 0 aromatic rings. The molecule has 0 spiro atoms. The molecule has 1 heteroatoms. The van der Waals surface area contributed by atoms with E-state index in [4.69, 9.17) is 1.37 Å². The van der Waals surface area contributed by atoms with Crippen molar-refractivity contribution in [3.8, 4) is 0 Å². The largest absolute Gasteiger partial charge is 0.295 e. The van der Waals surface area contributed by atoms with Crippen LogP contribution in [0.3, 0.4) is 0 Å². The zero-order valence-corrected chi connectivity index (χ0v) is 4.91. The molecular formula is C6H10O. The molecule has 0 heterocycles. The summed E-state index contributed by atoms with van der Waals surface area (Å²) in [5.74, 6) is -0.162. The molecule has 0 aliphatic heterocycles. The van der Waals surface area contributed by atoms with Crippen LogP contribution in [0, 0.1) is 0 Å². The van der Waals surface area contributed by atoms with Gasteiger partial charge in [-0.25, -0.2) is 0 Å². The molecule has 0 N–H and O–H groups in total. The van der Waals surface area contributed by atoms with Crippen molar-refractivity contribution < 1.29 is 6.17 Å². The first-order chi connectivity index (χ1) is 3.55. The van der Waals surface area contributed by atoms with Gasteiger partial charge in [0.1, 0.15) is 0 Å². The van der Waals surface area contributed by atoms with Crippen molar-refractivity contribution >= 4 is 5.78 Å². The summed E-state index contributed by atoms with van der Waals surface area (Å²) in [5.41, 5.74) is 0.775. The molecule has 7 heavy (non-hydrogen) atoms. The van der Waals surface area contributed by atoms with Gasteiger partial charge >= 0.3 is 0 Å². The maximum absolute atomic E-state index is 10.3. The Morgan fingerprint density at radius 1 is 1.57 bits per heavy atom. The first-order valence-corrected chi connectivity index (χ1v) is 2.20. The monoisotopic (exact) mass is 99.1 g/mol. The average molecular weight is 99.2 g/mol. The van der Waals surface area contributed by atoms with Crippen LogP contribution in [0.5, 0.6) is 0 Å². The Balaban J connectivity index is 4.23. The maximum Gasteiger partial charge on any atom is 0.152 e. The molecule has 0 aromatic carbocycles. The number of allylic oxidation sites excluding steroid dienone is 2. The molecule has 0 aliphatic rings. The second-order valence-electron chi connectivity index (χ2n) is 1.68. The van der Waals surface area contributed by atoms with Crippen LogP contribution in [-0.4, -0.2) is 5.78 Å². The normalized spacial score (nSPS) is 9.86. The smallest absolute Gasteiger partial charge is 0.152 e. The fraction of sp³-hybridized carbons (Fsp3) is 0.500. The minimum Gasteiger partial charge on any atom is -0.295 e. The Labute approximate surface area is 45.4 Å². The lowest BCUT2D eigenvalue weighted by Gasteiger charge is -1.80. The van der Waals surface area contributed by atoms with Crippen molar-refractivity contribution in [3.05, 3.63) is 11.6 Å².